The first-order valence-corrected chi connectivity index (χ1v) is 8.80. The smallest absolute Gasteiger partial charge is 0.233 e. The van der Waals surface area contributed by atoms with Crippen LogP contribution in [0.4, 0.5) is 5.69 Å². The molecule has 0 spiro atoms. The van der Waals surface area contributed by atoms with Gasteiger partial charge in [-0.25, -0.2) is 4.99 Å². The Bertz CT molecular complexity index is 520. The Morgan fingerprint density at radius 1 is 1.52 bits per heavy atom. The molecule has 0 radical (unpaired) electrons. The Morgan fingerprint density at radius 3 is 3.14 bits per heavy atom. The molecule has 0 bridgehead atoms. The minimum Gasteiger partial charge on any atom is -0.385 e. The number of hydrogen-bond acceptors (Lipinski definition) is 5. The number of benzene rings is 1. The number of hydrogen-bond donors (Lipinski definition) is 1. The maximum absolute atomic E-state index is 12.0. The monoisotopic (exact) mass is 324 g/mol. The van der Waals surface area contributed by atoms with E-state index in [4.69, 9.17) is 4.74 Å². The summed E-state index contributed by atoms with van der Waals surface area (Å²) < 4.78 is 5.93. The Labute approximate surface area is 134 Å². The fourth-order valence-electron chi connectivity index (χ4n) is 1.85. The van der Waals surface area contributed by atoms with Gasteiger partial charge in [0.25, 0.3) is 0 Å². The number of para-hydroxylation sites is 1. The molecule has 1 N–H and O–H groups in total. The molecule has 1 aliphatic rings. The van der Waals surface area contributed by atoms with Crippen LogP contribution in [-0.4, -0.2) is 35.8 Å². The predicted octanol–water partition coefficient (Wildman–Crippen LogP) is 3.20. The predicted molar refractivity (Wildman–Crippen MR) is 91.4 cm³/mol. The van der Waals surface area contributed by atoms with E-state index in [-0.39, 0.29) is 11.2 Å². The van der Waals surface area contributed by atoms with E-state index in [0.29, 0.717) is 13.2 Å². The van der Waals surface area contributed by atoms with Gasteiger partial charge in [0.2, 0.25) is 5.91 Å². The lowest BCUT2D eigenvalue weighted by Crippen LogP contribution is -2.32. The van der Waals surface area contributed by atoms with Crippen molar-refractivity contribution in [1.29, 1.82) is 0 Å². The van der Waals surface area contributed by atoms with Crippen LogP contribution < -0.4 is 5.32 Å². The highest BCUT2D eigenvalue weighted by atomic mass is 32.2. The van der Waals surface area contributed by atoms with Crippen molar-refractivity contribution in [2.75, 3.05) is 20.3 Å². The lowest BCUT2D eigenvalue weighted by atomic mass is 10.2. The number of amides is 1. The van der Waals surface area contributed by atoms with Crippen molar-refractivity contribution in [3.63, 3.8) is 0 Å². The van der Waals surface area contributed by atoms with Crippen LogP contribution >= 0.6 is 23.5 Å². The molecular weight excluding hydrogens is 304 g/mol. The Hall–Kier alpha value is -0.980. The van der Waals surface area contributed by atoms with Crippen LogP contribution in [0.3, 0.4) is 0 Å². The van der Waals surface area contributed by atoms with Crippen LogP contribution in [0.15, 0.2) is 29.3 Å². The van der Waals surface area contributed by atoms with Gasteiger partial charge in [-0.2, -0.15) is 0 Å². The summed E-state index contributed by atoms with van der Waals surface area (Å²) in [7, 11) is 1.66. The molecule has 21 heavy (non-hydrogen) atoms. The summed E-state index contributed by atoms with van der Waals surface area (Å²) in [5.74, 6) is 0.975. The number of carbonyl (C=O) groups is 1. The number of nitrogens with zero attached hydrogens (tertiary/aromatic N) is 1. The molecule has 6 heteroatoms. The molecule has 0 saturated carbocycles. The standard InChI is InChI=1S/C15H20N2O2S2/c1-11(14(18)16-8-5-9-19-2)21-15-17-13-7-4-3-6-12(13)10-20-15/h3-4,6-7,11H,5,8-10H2,1-2H3,(H,16,18). The maximum Gasteiger partial charge on any atom is 0.233 e. The van der Waals surface area contributed by atoms with Crippen LogP contribution in [0.2, 0.25) is 0 Å². The molecule has 2 rings (SSSR count). The van der Waals surface area contributed by atoms with Crippen LogP contribution in [0.25, 0.3) is 0 Å². The minimum atomic E-state index is -0.135. The van der Waals surface area contributed by atoms with E-state index in [1.165, 1.54) is 17.3 Å². The van der Waals surface area contributed by atoms with E-state index in [9.17, 15) is 4.79 Å². The third-order valence-corrected chi connectivity index (χ3v) is 5.32. The lowest BCUT2D eigenvalue weighted by molar-refractivity contribution is -0.120. The number of carbonyl (C=O) groups excluding carboxylic acids is 1. The average molecular weight is 324 g/mol. The van der Waals surface area contributed by atoms with Crippen molar-refractivity contribution < 1.29 is 9.53 Å². The van der Waals surface area contributed by atoms with E-state index < -0.39 is 0 Å². The van der Waals surface area contributed by atoms with Gasteiger partial charge in [0.05, 0.1) is 10.9 Å². The molecule has 0 aromatic heterocycles. The van der Waals surface area contributed by atoms with E-state index in [1.54, 1.807) is 18.9 Å². The Kier molecular flexibility index (Phi) is 6.60. The number of rotatable bonds is 6. The molecule has 1 amide bonds. The summed E-state index contributed by atoms with van der Waals surface area (Å²) in [6, 6.07) is 8.14. The number of fused-ring (bicyclic) bond motifs is 1. The van der Waals surface area contributed by atoms with Crippen molar-refractivity contribution in [2.24, 2.45) is 4.99 Å². The second kappa shape index (κ2) is 8.46. The molecule has 1 aliphatic heterocycles. The van der Waals surface area contributed by atoms with Crippen LogP contribution in [0, 0.1) is 0 Å². The van der Waals surface area contributed by atoms with Crippen molar-refractivity contribution in [3.05, 3.63) is 29.8 Å². The van der Waals surface area contributed by atoms with Crippen molar-refractivity contribution in [1.82, 2.24) is 5.32 Å². The Balaban J connectivity index is 1.84. The van der Waals surface area contributed by atoms with Crippen molar-refractivity contribution >= 4 is 39.5 Å². The molecule has 0 saturated heterocycles. The fourth-order valence-corrected chi connectivity index (χ4v) is 4.06. The van der Waals surface area contributed by atoms with Gasteiger partial charge < -0.3 is 10.1 Å². The first kappa shape index (κ1) is 16.4. The van der Waals surface area contributed by atoms with Gasteiger partial charge in [-0.15, -0.1) is 0 Å². The highest BCUT2D eigenvalue weighted by Crippen LogP contribution is 2.35. The van der Waals surface area contributed by atoms with Gasteiger partial charge in [0, 0.05) is 26.0 Å². The molecule has 1 aromatic rings. The Morgan fingerprint density at radius 2 is 2.33 bits per heavy atom. The van der Waals surface area contributed by atoms with Gasteiger partial charge in [0.15, 0.2) is 0 Å². The van der Waals surface area contributed by atoms with Crippen LogP contribution in [0.1, 0.15) is 18.9 Å². The van der Waals surface area contributed by atoms with E-state index in [2.05, 4.69) is 16.4 Å². The zero-order valence-corrected chi connectivity index (χ0v) is 13.9. The summed E-state index contributed by atoms with van der Waals surface area (Å²) >= 11 is 3.22. The summed E-state index contributed by atoms with van der Waals surface area (Å²) in [6.07, 6.45) is 0.836. The van der Waals surface area contributed by atoms with E-state index in [1.807, 2.05) is 25.1 Å². The quantitative estimate of drug-likeness (QED) is 0.817. The third kappa shape index (κ3) is 5.05. The first-order chi connectivity index (χ1) is 10.2. The van der Waals surface area contributed by atoms with E-state index >= 15 is 0 Å². The summed E-state index contributed by atoms with van der Waals surface area (Å²) in [4.78, 5) is 16.6. The van der Waals surface area contributed by atoms with Gasteiger partial charge in [-0.3, -0.25) is 4.79 Å². The molecule has 114 valence electrons. The highest BCUT2D eigenvalue weighted by Gasteiger charge is 2.19. The SMILES string of the molecule is COCCCNC(=O)C(C)SC1=Nc2ccccc2CS1. The van der Waals surface area contributed by atoms with Crippen molar-refractivity contribution in [3.8, 4) is 0 Å². The number of methoxy groups -OCH3 is 1. The molecule has 1 atom stereocenters. The van der Waals surface area contributed by atoms with Crippen molar-refractivity contribution in [2.45, 2.75) is 24.3 Å². The highest BCUT2D eigenvalue weighted by molar-refractivity contribution is 8.39. The number of aliphatic imine (C=N–C) groups is 1. The second-order valence-corrected chi connectivity index (χ2v) is 7.24. The summed E-state index contributed by atoms with van der Waals surface area (Å²) in [6.45, 7) is 3.24. The molecule has 4 nitrogen and oxygen atoms in total. The molecule has 1 aromatic carbocycles. The first-order valence-electron chi connectivity index (χ1n) is 6.93. The largest absolute Gasteiger partial charge is 0.385 e. The lowest BCUT2D eigenvalue weighted by Gasteiger charge is -2.17. The van der Waals surface area contributed by atoms with Gasteiger partial charge in [-0.1, -0.05) is 41.7 Å². The van der Waals surface area contributed by atoms with Gasteiger partial charge >= 0.3 is 0 Å². The third-order valence-electron chi connectivity index (χ3n) is 3.03. The zero-order valence-electron chi connectivity index (χ0n) is 12.3. The number of thioether (sulfide) groups is 2. The second-order valence-electron chi connectivity index (χ2n) is 4.69. The van der Waals surface area contributed by atoms with E-state index in [0.717, 1.165) is 22.2 Å². The van der Waals surface area contributed by atoms with Crippen LogP contribution in [-0.2, 0) is 15.3 Å². The topological polar surface area (TPSA) is 50.7 Å². The minimum absolute atomic E-state index is 0.0539. The zero-order chi connectivity index (χ0) is 15.1. The summed E-state index contributed by atoms with van der Waals surface area (Å²) in [5.41, 5.74) is 2.27. The van der Waals surface area contributed by atoms with Gasteiger partial charge in [-0.05, 0) is 25.0 Å². The average Bonchev–Trinajstić information content (AvgIpc) is 2.51. The molecule has 1 heterocycles. The maximum atomic E-state index is 12.0. The van der Waals surface area contributed by atoms with Gasteiger partial charge in [0.1, 0.15) is 4.38 Å². The van der Waals surface area contributed by atoms with Crippen LogP contribution in [0.5, 0.6) is 0 Å². The number of ether oxygens (including phenoxy) is 1. The molecule has 1 unspecified atom stereocenters. The molecule has 0 fully saturated rings. The summed E-state index contributed by atoms with van der Waals surface area (Å²) in [5, 5.41) is 2.79. The number of nitrogens with one attached hydrogen (secondary N) is 1. The fraction of sp³-hybridized carbons (Fsp3) is 0.467. The molecular formula is C15H20N2O2S2. The normalized spacial score (nSPS) is 15.0. The molecule has 0 aliphatic carbocycles.